The lowest BCUT2D eigenvalue weighted by atomic mass is 10.2. The molecule has 0 aromatic carbocycles. The fraction of sp³-hybridized carbons (Fsp3) is 0.462. The summed E-state index contributed by atoms with van der Waals surface area (Å²) in [7, 11) is 0. The molecule has 0 saturated heterocycles. The van der Waals surface area contributed by atoms with Crippen molar-refractivity contribution in [3.63, 3.8) is 0 Å². The highest BCUT2D eigenvalue weighted by Crippen LogP contribution is 2.04. The van der Waals surface area contributed by atoms with Gasteiger partial charge in [0, 0.05) is 13.0 Å². The summed E-state index contributed by atoms with van der Waals surface area (Å²) in [6.07, 6.45) is 2.81. The highest BCUT2D eigenvalue weighted by atomic mass is 16.5. The Labute approximate surface area is 116 Å². The average molecular weight is 282 g/mol. The summed E-state index contributed by atoms with van der Waals surface area (Å²) in [6, 6.07) is 2.88. The zero-order chi connectivity index (χ0) is 14.8. The normalized spacial score (nSPS) is 9.85. The Hall–Kier alpha value is -2.31. The van der Waals surface area contributed by atoms with Crippen LogP contribution in [0.15, 0.2) is 22.8 Å². The summed E-state index contributed by atoms with van der Waals surface area (Å²) in [6.45, 7) is 1.89. The minimum absolute atomic E-state index is 0.114. The molecule has 0 spiro atoms. The molecule has 7 heteroatoms. The Morgan fingerprint density at radius 2 is 2.15 bits per heavy atom. The van der Waals surface area contributed by atoms with Crippen LogP contribution < -0.4 is 10.6 Å². The minimum Gasteiger partial charge on any atom is -0.469 e. The van der Waals surface area contributed by atoms with Gasteiger partial charge in [-0.05, 0) is 18.6 Å². The van der Waals surface area contributed by atoms with E-state index in [1.54, 1.807) is 12.1 Å². The number of imide groups is 1. The molecule has 20 heavy (non-hydrogen) atoms. The van der Waals surface area contributed by atoms with E-state index >= 15 is 0 Å². The third-order valence-corrected chi connectivity index (χ3v) is 2.31. The number of carbonyl (C=O) groups is 3. The first kappa shape index (κ1) is 15.7. The smallest absolute Gasteiger partial charge is 0.321 e. The van der Waals surface area contributed by atoms with Crippen LogP contribution in [0.5, 0.6) is 0 Å². The summed E-state index contributed by atoms with van der Waals surface area (Å²) in [5, 5.41) is 4.53. The molecule has 0 radical (unpaired) electrons. The Balaban J connectivity index is 2.13. The summed E-state index contributed by atoms with van der Waals surface area (Å²) in [4.78, 5) is 33.8. The first-order chi connectivity index (χ1) is 9.61. The number of urea groups is 1. The van der Waals surface area contributed by atoms with Gasteiger partial charge in [0.25, 0.3) is 5.91 Å². The highest BCUT2D eigenvalue weighted by Gasteiger charge is 2.11. The second-order valence-electron chi connectivity index (χ2n) is 4.04. The number of aryl methyl sites for hydroxylation is 1. The van der Waals surface area contributed by atoms with Crippen LogP contribution in [0.2, 0.25) is 0 Å². The van der Waals surface area contributed by atoms with Crippen LogP contribution in [-0.2, 0) is 20.7 Å². The Morgan fingerprint density at radius 1 is 1.35 bits per heavy atom. The van der Waals surface area contributed by atoms with Crippen molar-refractivity contribution in [1.82, 2.24) is 10.6 Å². The number of hydrogen-bond donors (Lipinski definition) is 2. The fourth-order valence-electron chi connectivity index (χ4n) is 1.34. The number of hydrogen-bond acceptors (Lipinski definition) is 5. The summed E-state index contributed by atoms with van der Waals surface area (Å²) in [5.74, 6) is -0.513. The van der Waals surface area contributed by atoms with Crippen molar-refractivity contribution in [3.8, 4) is 0 Å². The zero-order valence-corrected chi connectivity index (χ0v) is 11.3. The van der Waals surface area contributed by atoms with Crippen molar-refractivity contribution in [1.29, 1.82) is 0 Å². The molecule has 1 aromatic rings. The zero-order valence-electron chi connectivity index (χ0n) is 11.3. The lowest BCUT2D eigenvalue weighted by Gasteiger charge is -2.06. The predicted molar refractivity (Wildman–Crippen MR) is 69.8 cm³/mol. The van der Waals surface area contributed by atoms with Gasteiger partial charge in [-0.2, -0.15) is 0 Å². The van der Waals surface area contributed by atoms with Gasteiger partial charge in [0.1, 0.15) is 5.76 Å². The van der Waals surface area contributed by atoms with E-state index in [1.165, 1.54) is 6.26 Å². The fourth-order valence-corrected chi connectivity index (χ4v) is 1.34. The van der Waals surface area contributed by atoms with Gasteiger partial charge in [0.15, 0.2) is 6.61 Å². The van der Waals surface area contributed by atoms with Gasteiger partial charge >= 0.3 is 12.0 Å². The molecule has 0 bridgehead atoms. The lowest BCUT2D eigenvalue weighted by molar-refractivity contribution is -0.148. The van der Waals surface area contributed by atoms with Gasteiger partial charge in [-0.15, -0.1) is 0 Å². The Kier molecular flexibility index (Phi) is 6.88. The minimum atomic E-state index is -0.662. The Bertz CT molecular complexity index is 442. The molecule has 0 aliphatic heterocycles. The molecule has 1 heterocycles. The van der Waals surface area contributed by atoms with Crippen LogP contribution in [0.3, 0.4) is 0 Å². The van der Waals surface area contributed by atoms with Crippen LogP contribution in [-0.4, -0.2) is 31.1 Å². The second kappa shape index (κ2) is 8.73. The quantitative estimate of drug-likeness (QED) is 0.727. The SMILES string of the molecule is CCCNC(=O)NC(=O)COC(=O)CCc1ccco1. The topological polar surface area (TPSA) is 97.6 Å². The molecule has 0 unspecified atom stereocenters. The molecule has 110 valence electrons. The third-order valence-electron chi connectivity index (χ3n) is 2.31. The summed E-state index contributed by atoms with van der Waals surface area (Å²) < 4.78 is 9.79. The molecule has 2 N–H and O–H groups in total. The number of amides is 3. The molecular weight excluding hydrogens is 264 g/mol. The van der Waals surface area contributed by atoms with Crippen LogP contribution in [0.1, 0.15) is 25.5 Å². The van der Waals surface area contributed by atoms with E-state index in [1.807, 2.05) is 6.92 Å². The maximum Gasteiger partial charge on any atom is 0.321 e. The molecule has 0 aliphatic rings. The van der Waals surface area contributed by atoms with Crippen molar-refractivity contribution < 1.29 is 23.5 Å². The highest BCUT2D eigenvalue weighted by molar-refractivity contribution is 5.95. The van der Waals surface area contributed by atoms with E-state index in [9.17, 15) is 14.4 Å². The summed E-state index contributed by atoms with van der Waals surface area (Å²) in [5.41, 5.74) is 0. The number of rotatable bonds is 7. The monoisotopic (exact) mass is 282 g/mol. The van der Waals surface area contributed by atoms with Crippen molar-refractivity contribution in [3.05, 3.63) is 24.2 Å². The van der Waals surface area contributed by atoms with Crippen LogP contribution in [0.4, 0.5) is 4.79 Å². The molecule has 0 aliphatic carbocycles. The first-order valence-corrected chi connectivity index (χ1v) is 6.37. The molecule has 0 saturated carbocycles. The van der Waals surface area contributed by atoms with Gasteiger partial charge in [-0.25, -0.2) is 4.79 Å². The molecule has 0 atom stereocenters. The number of carbonyl (C=O) groups excluding carboxylic acids is 3. The van der Waals surface area contributed by atoms with E-state index < -0.39 is 24.5 Å². The van der Waals surface area contributed by atoms with E-state index in [0.717, 1.165) is 6.42 Å². The van der Waals surface area contributed by atoms with Crippen molar-refractivity contribution >= 4 is 17.9 Å². The van der Waals surface area contributed by atoms with Crippen molar-refractivity contribution in [2.24, 2.45) is 0 Å². The van der Waals surface area contributed by atoms with Gasteiger partial charge in [0.05, 0.1) is 12.7 Å². The molecule has 0 fully saturated rings. The van der Waals surface area contributed by atoms with Crippen LogP contribution in [0, 0.1) is 0 Å². The number of nitrogens with one attached hydrogen (secondary N) is 2. The number of esters is 1. The van der Waals surface area contributed by atoms with Crippen LogP contribution in [0.25, 0.3) is 0 Å². The third kappa shape index (κ3) is 6.58. The molecule has 1 rings (SSSR count). The van der Waals surface area contributed by atoms with Gasteiger partial charge in [0.2, 0.25) is 0 Å². The molecule has 7 nitrogen and oxygen atoms in total. The Morgan fingerprint density at radius 3 is 2.80 bits per heavy atom. The van der Waals surface area contributed by atoms with E-state index in [4.69, 9.17) is 9.15 Å². The predicted octanol–water partition coefficient (Wildman–Crippen LogP) is 0.991. The van der Waals surface area contributed by atoms with Gasteiger partial charge < -0.3 is 14.5 Å². The standard InChI is InChI=1S/C13H18N2O5/c1-2-7-14-13(18)15-11(16)9-20-12(17)6-5-10-4-3-8-19-10/h3-4,8H,2,5-7,9H2,1H3,(H2,14,15,16,18). The second-order valence-corrected chi connectivity index (χ2v) is 4.04. The molecular formula is C13H18N2O5. The first-order valence-electron chi connectivity index (χ1n) is 6.37. The lowest BCUT2D eigenvalue weighted by Crippen LogP contribution is -2.41. The van der Waals surface area contributed by atoms with Crippen molar-refractivity contribution in [2.45, 2.75) is 26.2 Å². The number of ether oxygens (including phenoxy) is 1. The van der Waals surface area contributed by atoms with E-state index in [2.05, 4.69) is 10.6 Å². The number of furan rings is 1. The maximum absolute atomic E-state index is 11.4. The average Bonchev–Trinajstić information content (AvgIpc) is 2.93. The van der Waals surface area contributed by atoms with Crippen molar-refractivity contribution in [2.75, 3.05) is 13.2 Å². The largest absolute Gasteiger partial charge is 0.469 e. The molecule has 3 amide bonds. The van der Waals surface area contributed by atoms with Crippen LogP contribution >= 0.6 is 0 Å². The van der Waals surface area contributed by atoms with E-state index in [-0.39, 0.29) is 6.42 Å². The van der Waals surface area contributed by atoms with Gasteiger partial charge in [-0.1, -0.05) is 6.92 Å². The van der Waals surface area contributed by atoms with Gasteiger partial charge in [-0.3, -0.25) is 14.9 Å². The molecule has 1 aromatic heterocycles. The summed E-state index contributed by atoms with van der Waals surface area (Å²) >= 11 is 0. The maximum atomic E-state index is 11.4. The van der Waals surface area contributed by atoms with E-state index in [0.29, 0.717) is 18.7 Å².